The Morgan fingerprint density at radius 1 is 1.44 bits per heavy atom. The summed E-state index contributed by atoms with van der Waals surface area (Å²) in [6.07, 6.45) is 3.07. The molecule has 0 saturated carbocycles. The van der Waals surface area contributed by atoms with Crippen LogP contribution in [0.1, 0.15) is 40.0 Å². The van der Waals surface area contributed by atoms with E-state index in [2.05, 4.69) is 0 Å². The molecule has 1 atom stereocenters. The molecular weight excluding hydrogens is 228 g/mol. The van der Waals surface area contributed by atoms with Crippen molar-refractivity contribution in [2.24, 2.45) is 5.73 Å². The van der Waals surface area contributed by atoms with Crippen LogP contribution in [0, 0.1) is 0 Å². The van der Waals surface area contributed by atoms with Gasteiger partial charge in [0.25, 0.3) is 0 Å². The zero-order chi connectivity index (χ0) is 11.5. The zero-order valence-electron chi connectivity index (χ0n) is 10.4. The standard InChI is InChI=1S/C11H22N2O2.ClH/c1-11(2,3)15-10(14)9-6-4-5-7-13(9)8-12;/h9H,4-8,12H2,1-3H3;1H/t9-;/m1./s1. The van der Waals surface area contributed by atoms with E-state index in [1.54, 1.807) is 0 Å². The first-order valence-corrected chi connectivity index (χ1v) is 5.61. The minimum Gasteiger partial charge on any atom is -0.459 e. The molecule has 4 nitrogen and oxygen atoms in total. The van der Waals surface area contributed by atoms with Crippen LogP contribution in [0.2, 0.25) is 0 Å². The summed E-state index contributed by atoms with van der Waals surface area (Å²) in [5.41, 5.74) is 5.21. The Morgan fingerprint density at radius 3 is 2.56 bits per heavy atom. The zero-order valence-corrected chi connectivity index (χ0v) is 11.2. The average molecular weight is 251 g/mol. The van der Waals surface area contributed by atoms with E-state index in [1.807, 2.05) is 25.7 Å². The van der Waals surface area contributed by atoms with E-state index in [1.165, 1.54) is 0 Å². The normalized spacial score (nSPS) is 22.4. The van der Waals surface area contributed by atoms with E-state index in [0.717, 1.165) is 25.8 Å². The molecule has 1 saturated heterocycles. The molecule has 96 valence electrons. The summed E-state index contributed by atoms with van der Waals surface area (Å²) < 4.78 is 5.37. The highest BCUT2D eigenvalue weighted by molar-refractivity contribution is 5.85. The highest BCUT2D eigenvalue weighted by Crippen LogP contribution is 2.19. The molecule has 1 fully saturated rings. The van der Waals surface area contributed by atoms with Crippen LogP contribution in [-0.4, -0.2) is 35.7 Å². The number of halogens is 1. The van der Waals surface area contributed by atoms with Crippen LogP contribution in [0.3, 0.4) is 0 Å². The molecule has 5 heteroatoms. The van der Waals surface area contributed by atoms with Crippen molar-refractivity contribution >= 4 is 18.4 Å². The Balaban J connectivity index is 0.00000225. The number of carbonyl (C=O) groups excluding carboxylic acids is 1. The molecular formula is C11H23ClN2O2. The smallest absolute Gasteiger partial charge is 0.323 e. The van der Waals surface area contributed by atoms with E-state index in [4.69, 9.17) is 10.5 Å². The number of carbonyl (C=O) groups is 1. The van der Waals surface area contributed by atoms with Gasteiger partial charge in [0.2, 0.25) is 0 Å². The molecule has 0 radical (unpaired) electrons. The first-order chi connectivity index (χ1) is 6.94. The van der Waals surface area contributed by atoms with Gasteiger partial charge in [0.15, 0.2) is 0 Å². The van der Waals surface area contributed by atoms with Gasteiger partial charge >= 0.3 is 5.97 Å². The van der Waals surface area contributed by atoms with Crippen LogP contribution in [0.15, 0.2) is 0 Å². The number of hydrogen-bond donors (Lipinski definition) is 1. The van der Waals surface area contributed by atoms with Crippen LogP contribution in [0.5, 0.6) is 0 Å². The first kappa shape index (κ1) is 15.7. The molecule has 0 aromatic heterocycles. The molecule has 16 heavy (non-hydrogen) atoms. The van der Waals surface area contributed by atoms with Crippen molar-refractivity contribution in [2.45, 2.75) is 51.7 Å². The maximum Gasteiger partial charge on any atom is 0.323 e. The number of piperidine rings is 1. The summed E-state index contributed by atoms with van der Waals surface area (Å²) in [4.78, 5) is 13.9. The lowest BCUT2D eigenvalue weighted by Crippen LogP contribution is -2.49. The molecule has 0 unspecified atom stereocenters. The third kappa shape index (κ3) is 4.68. The molecule has 2 N–H and O–H groups in total. The van der Waals surface area contributed by atoms with Gasteiger partial charge in [-0.2, -0.15) is 0 Å². The highest BCUT2D eigenvalue weighted by atomic mass is 35.5. The lowest BCUT2D eigenvalue weighted by Gasteiger charge is -2.34. The topological polar surface area (TPSA) is 55.6 Å². The van der Waals surface area contributed by atoms with E-state index in [0.29, 0.717) is 6.67 Å². The van der Waals surface area contributed by atoms with Crippen molar-refractivity contribution in [1.82, 2.24) is 4.90 Å². The fraction of sp³-hybridized carbons (Fsp3) is 0.909. The van der Waals surface area contributed by atoms with Crippen molar-refractivity contribution in [3.63, 3.8) is 0 Å². The number of esters is 1. The van der Waals surface area contributed by atoms with Gasteiger partial charge in [-0.1, -0.05) is 6.42 Å². The minimum atomic E-state index is -0.408. The van der Waals surface area contributed by atoms with Crippen molar-refractivity contribution in [3.8, 4) is 0 Å². The van der Waals surface area contributed by atoms with Gasteiger partial charge in [0.1, 0.15) is 11.6 Å². The predicted octanol–water partition coefficient (Wildman–Crippen LogP) is 1.52. The number of rotatable bonds is 2. The van der Waals surface area contributed by atoms with Gasteiger partial charge in [-0.3, -0.25) is 9.69 Å². The molecule has 0 bridgehead atoms. The molecule has 0 spiro atoms. The van der Waals surface area contributed by atoms with Crippen molar-refractivity contribution in [1.29, 1.82) is 0 Å². The Morgan fingerprint density at radius 2 is 2.06 bits per heavy atom. The minimum absolute atomic E-state index is 0. The second kappa shape index (κ2) is 6.42. The Hall–Kier alpha value is -0.320. The average Bonchev–Trinajstić information content (AvgIpc) is 2.15. The summed E-state index contributed by atoms with van der Waals surface area (Å²) >= 11 is 0. The quantitative estimate of drug-likeness (QED) is 0.755. The largest absolute Gasteiger partial charge is 0.459 e. The van der Waals surface area contributed by atoms with Gasteiger partial charge in [-0.05, 0) is 33.6 Å². The van der Waals surface area contributed by atoms with E-state index < -0.39 is 5.60 Å². The number of hydrogen-bond acceptors (Lipinski definition) is 4. The molecule has 1 rings (SSSR count). The number of likely N-dealkylation sites (tertiary alicyclic amines) is 1. The molecule has 1 heterocycles. The fourth-order valence-electron chi connectivity index (χ4n) is 1.85. The SMILES string of the molecule is CC(C)(C)OC(=O)[C@H]1CCCCN1CN.Cl. The Labute approximate surface area is 104 Å². The van der Waals surface area contributed by atoms with Crippen molar-refractivity contribution < 1.29 is 9.53 Å². The maximum absolute atomic E-state index is 11.9. The second-order valence-electron chi connectivity index (χ2n) is 5.04. The number of ether oxygens (including phenoxy) is 1. The highest BCUT2D eigenvalue weighted by Gasteiger charge is 2.31. The third-order valence-electron chi connectivity index (χ3n) is 2.53. The number of nitrogens with zero attached hydrogens (tertiary/aromatic N) is 1. The monoisotopic (exact) mass is 250 g/mol. The number of nitrogens with two attached hydrogens (primary N) is 1. The summed E-state index contributed by atoms with van der Waals surface area (Å²) in [6, 6.07) is -0.136. The molecule has 0 aromatic rings. The maximum atomic E-state index is 11.9. The summed E-state index contributed by atoms with van der Waals surface area (Å²) in [5, 5.41) is 0. The van der Waals surface area contributed by atoms with Crippen LogP contribution < -0.4 is 5.73 Å². The Bertz CT molecular complexity index is 229. The lowest BCUT2D eigenvalue weighted by atomic mass is 10.0. The molecule has 1 aliphatic rings. The van der Waals surface area contributed by atoms with E-state index in [9.17, 15) is 4.79 Å². The van der Waals surface area contributed by atoms with Crippen molar-refractivity contribution in [2.75, 3.05) is 13.2 Å². The van der Waals surface area contributed by atoms with Crippen LogP contribution >= 0.6 is 12.4 Å². The third-order valence-corrected chi connectivity index (χ3v) is 2.53. The van der Waals surface area contributed by atoms with Crippen molar-refractivity contribution in [3.05, 3.63) is 0 Å². The molecule has 0 amide bonds. The van der Waals surface area contributed by atoms with Crippen LogP contribution in [0.25, 0.3) is 0 Å². The van der Waals surface area contributed by atoms with Gasteiger partial charge in [-0.15, -0.1) is 12.4 Å². The van der Waals surface area contributed by atoms with E-state index in [-0.39, 0.29) is 24.4 Å². The van der Waals surface area contributed by atoms with Gasteiger partial charge in [-0.25, -0.2) is 0 Å². The molecule has 1 aliphatic heterocycles. The van der Waals surface area contributed by atoms with Crippen LogP contribution in [-0.2, 0) is 9.53 Å². The predicted molar refractivity (Wildman–Crippen MR) is 66.5 cm³/mol. The second-order valence-corrected chi connectivity index (χ2v) is 5.04. The fourth-order valence-corrected chi connectivity index (χ4v) is 1.85. The summed E-state index contributed by atoms with van der Waals surface area (Å²) in [5.74, 6) is -0.132. The van der Waals surface area contributed by atoms with Gasteiger partial charge in [0, 0.05) is 13.2 Å². The molecule has 0 aliphatic carbocycles. The Kier molecular flexibility index (Phi) is 6.30. The summed E-state index contributed by atoms with van der Waals surface area (Å²) in [6.45, 7) is 7.01. The summed E-state index contributed by atoms with van der Waals surface area (Å²) in [7, 11) is 0. The van der Waals surface area contributed by atoms with Gasteiger partial charge in [0.05, 0.1) is 0 Å². The van der Waals surface area contributed by atoms with E-state index >= 15 is 0 Å². The van der Waals surface area contributed by atoms with Gasteiger partial charge < -0.3 is 10.5 Å². The van der Waals surface area contributed by atoms with Crippen LogP contribution in [0.4, 0.5) is 0 Å². The first-order valence-electron chi connectivity index (χ1n) is 5.61. The lowest BCUT2D eigenvalue weighted by molar-refractivity contribution is -0.162. The molecule has 0 aromatic carbocycles.